The van der Waals surface area contributed by atoms with Crippen molar-refractivity contribution in [3.8, 4) is 0 Å². The van der Waals surface area contributed by atoms with Gasteiger partial charge in [0.25, 0.3) is 0 Å². The second kappa shape index (κ2) is 6.84. The number of rotatable bonds is 3. The fourth-order valence-electron chi connectivity index (χ4n) is 2.60. The van der Waals surface area contributed by atoms with E-state index < -0.39 is 19.1 Å². The predicted octanol–water partition coefficient (Wildman–Crippen LogP) is 1.54. The van der Waals surface area contributed by atoms with E-state index in [9.17, 15) is 14.4 Å². The van der Waals surface area contributed by atoms with Crippen molar-refractivity contribution in [2.45, 2.75) is 6.32 Å². The monoisotopic (exact) mass is 325 g/mol. The van der Waals surface area contributed by atoms with Gasteiger partial charge in [0.2, 0.25) is 0 Å². The van der Waals surface area contributed by atoms with Gasteiger partial charge in [0.1, 0.15) is 0 Å². The average molecular weight is 325 g/mol. The third-order valence-electron chi connectivity index (χ3n) is 3.75. The van der Waals surface area contributed by atoms with Crippen LogP contribution in [0, 0.1) is 0 Å². The van der Waals surface area contributed by atoms with Gasteiger partial charge in [-0.1, -0.05) is 36.4 Å². The third kappa shape index (κ3) is 3.80. The number of fused-ring (bicyclic) bond motifs is 1. The van der Waals surface area contributed by atoms with E-state index in [1.54, 1.807) is 19.2 Å². The van der Waals surface area contributed by atoms with Crippen LogP contribution >= 0.6 is 0 Å². The van der Waals surface area contributed by atoms with Gasteiger partial charge < -0.3 is 9.31 Å². The van der Waals surface area contributed by atoms with Gasteiger partial charge in [0.15, 0.2) is 5.78 Å². The van der Waals surface area contributed by atoms with Crippen molar-refractivity contribution >= 4 is 35.6 Å². The molecule has 0 aromatic heterocycles. The van der Waals surface area contributed by atoms with Crippen LogP contribution in [0.1, 0.15) is 10.4 Å². The highest BCUT2D eigenvalue weighted by Crippen LogP contribution is 2.18. The molecule has 7 heteroatoms. The zero-order valence-corrected chi connectivity index (χ0v) is 13.2. The van der Waals surface area contributed by atoms with E-state index in [0.717, 1.165) is 10.8 Å². The van der Waals surface area contributed by atoms with Crippen LogP contribution in [0.4, 0.5) is 0 Å². The molecule has 0 N–H and O–H groups in total. The summed E-state index contributed by atoms with van der Waals surface area (Å²) in [4.78, 5) is 37.3. The lowest BCUT2D eigenvalue weighted by Gasteiger charge is -2.22. The number of carbonyl (C=O) groups excluding carboxylic acids is 3. The SMILES string of the molecule is CN1CC(=O)OB(CC(=O)c2ccc3ccccc3c2)OC(=O)C1. The minimum absolute atomic E-state index is 0.0181. The van der Waals surface area contributed by atoms with Gasteiger partial charge in [-0.15, -0.1) is 0 Å². The van der Waals surface area contributed by atoms with Crippen molar-refractivity contribution < 1.29 is 23.7 Å². The topological polar surface area (TPSA) is 72.9 Å². The molecular formula is C17H16BNO5. The first-order chi connectivity index (χ1) is 11.5. The first-order valence-electron chi connectivity index (χ1n) is 7.61. The second-order valence-electron chi connectivity index (χ2n) is 5.77. The summed E-state index contributed by atoms with van der Waals surface area (Å²) in [6, 6.07) is 13.0. The van der Waals surface area contributed by atoms with E-state index in [2.05, 4.69) is 0 Å². The Balaban J connectivity index is 1.74. The van der Waals surface area contributed by atoms with E-state index in [1.807, 2.05) is 30.3 Å². The first-order valence-corrected chi connectivity index (χ1v) is 7.61. The Morgan fingerprint density at radius 2 is 1.67 bits per heavy atom. The van der Waals surface area contributed by atoms with Crippen LogP contribution in [0.5, 0.6) is 0 Å². The Labute approximate surface area is 139 Å². The van der Waals surface area contributed by atoms with Gasteiger partial charge in [-0.3, -0.25) is 19.3 Å². The van der Waals surface area contributed by atoms with Gasteiger partial charge in [0, 0.05) is 5.56 Å². The Morgan fingerprint density at radius 3 is 2.33 bits per heavy atom. The zero-order valence-electron chi connectivity index (χ0n) is 13.2. The van der Waals surface area contributed by atoms with Crippen molar-refractivity contribution in [2.24, 2.45) is 0 Å². The molecule has 0 bridgehead atoms. The molecule has 1 aliphatic heterocycles. The van der Waals surface area contributed by atoms with Gasteiger partial charge in [-0.2, -0.15) is 0 Å². The molecule has 0 unspecified atom stereocenters. The Morgan fingerprint density at radius 1 is 1.04 bits per heavy atom. The van der Waals surface area contributed by atoms with Crippen LogP contribution in [0.2, 0.25) is 6.32 Å². The molecule has 0 amide bonds. The maximum absolute atomic E-state index is 12.4. The molecular weight excluding hydrogens is 309 g/mol. The maximum atomic E-state index is 12.4. The summed E-state index contributed by atoms with van der Waals surface area (Å²) in [5.74, 6) is -1.30. The molecule has 0 saturated carbocycles. The second-order valence-corrected chi connectivity index (χ2v) is 5.77. The smallest absolute Gasteiger partial charge is 0.498 e. The van der Waals surface area contributed by atoms with E-state index in [0.29, 0.717) is 5.56 Å². The van der Waals surface area contributed by atoms with Crippen molar-refractivity contribution in [2.75, 3.05) is 20.1 Å². The highest BCUT2D eigenvalue weighted by atomic mass is 16.6. The lowest BCUT2D eigenvalue weighted by molar-refractivity contribution is -0.145. The lowest BCUT2D eigenvalue weighted by Crippen LogP contribution is -2.43. The summed E-state index contributed by atoms with van der Waals surface area (Å²) in [6.07, 6.45) is -0.195. The number of Topliss-reactive ketones (excluding diaryl/α,β-unsaturated/α-hetero) is 1. The third-order valence-corrected chi connectivity index (χ3v) is 3.75. The molecule has 1 aliphatic rings. The van der Waals surface area contributed by atoms with Crippen LogP contribution in [-0.2, 0) is 18.9 Å². The molecule has 3 rings (SSSR count). The molecule has 1 heterocycles. The summed E-state index contributed by atoms with van der Waals surface area (Å²) >= 11 is 0. The average Bonchev–Trinajstić information content (AvgIpc) is 2.52. The summed E-state index contributed by atoms with van der Waals surface area (Å²) < 4.78 is 10.1. The number of nitrogens with zero attached hydrogens (tertiary/aromatic N) is 1. The van der Waals surface area contributed by atoms with Crippen LogP contribution in [0.15, 0.2) is 42.5 Å². The van der Waals surface area contributed by atoms with Crippen molar-refractivity contribution in [1.29, 1.82) is 0 Å². The molecule has 2 aromatic carbocycles. The molecule has 0 atom stereocenters. The summed E-state index contributed by atoms with van der Waals surface area (Å²) in [5, 5.41) is 1.97. The Kier molecular flexibility index (Phi) is 4.62. The highest BCUT2D eigenvalue weighted by molar-refractivity contribution is 6.54. The number of benzene rings is 2. The van der Waals surface area contributed by atoms with Gasteiger partial charge in [-0.25, -0.2) is 0 Å². The fraction of sp³-hybridized carbons (Fsp3) is 0.235. The molecule has 2 aromatic rings. The van der Waals surface area contributed by atoms with Crippen LogP contribution in [0.25, 0.3) is 10.8 Å². The molecule has 6 nitrogen and oxygen atoms in total. The van der Waals surface area contributed by atoms with Crippen molar-refractivity contribution in [1.82, 2.24) is 4.90 Å². The van der Waals surface area contributed by atoms with E-state index in [4.69, 9.17) is 9.31 Å². The Hall–Kier alpha value is -2.67. The first kappa shape index (κ1) is 16.2. The largest absolute Gasteiger partial charge is 0.606 e. The summed E-state index contributed by atoms with van der Waals surface area (Å²) in [6.45, 7) is -0.0362. The lowest BCUT2D eigenvalue weighted by atomic mass is 9.80. The Bertz CT molecular complexity index is 786. The van der Waals surface area contributed by atoms with Gasteiger partial charge in [0.05, 0.1) is 19.4 Å². The van der Waals surface area contributed by atoms with E-state index in [1.165, 1.54) is 4.90 Å². The zero-order chi connectivity index (χ0) is 17.1. The number of likely N-dealkylation sites (N-methyl/N-ethyl adjacent to an activating group) is 1. The number of ketones is 1. The number of hydrogen-bond acceptors (Lipinski definition) is 6. The van der Waals surface area contributed by atoms with Gasteiger partial charge >= 0.3 is 19.1 Å². The molecule has 0 radical (unpaired) electrons. The number of carbonyl (C=O) groups is 3. The van der Waals surface area contributed by atoms with Crippen molar-refractivity contribution in [3.63, 3.8) is 0 Å². The maximum Gasteiger partial charge on any atom is 0.606 e. The summed E-state index contributed by atoms with van der Waals surface area (Å²) in [5.41, 5.74) is 0.486. The van der Waals surface area contributed by atoms with Crippen molar-refractivity contribution in [3.05, 3.63) is 48.0 Å². The minimum atomic E-state index is -1.18. The number of hydrogen-bond donors (Lipinski definition) is 0. The highest BCUT2D eigenvalue weighted by Gasteiger charge is 2.34. The molecule has 122 valence electrons. The van der Waals surface area contributed by atoms with E-state index >= 15 is 0 Å². The summed E-state index contributed by atoms with van der Waals surface area (Å²) in [7, 11) is 0.431. The van der Waals surface area contributed by atoms with Crippen LogP contribution in [0.3, 0.4) is 0 Å². The van der Waals surface area contributed by atoms with Crippen LogP contribution < -0.4 is 0 Å². The van der Waals surface area contributed by atoms with Gasteiger partial charge in [-0.05, 0) is 23.9 Å². The molecule has 0 aliphatic carbocycles. The molecule has 24 heavy (non-hydrogen) atoms. The molecule has 1 fully saturated rings. The predicted molar refractivity (Wildman–Crippen MR) is 88.5 cm³/mol. The van der Waals surface area contributed by atoms with E-state index in [-0.39, 0.29) is 25.2 Å². The minimum Gasteiger partial charge on any atom is -0.498 e. The molecule has 0 spiro atoms. The fourth-order valence-corrected chi connectivity index (χ4v) is 2.60. The molecule has 1 saturated heterocycles. The normalized spacial score (nSPS) is 16.3. The van der Waals surface area contributed by atoms with Crippen LogP contribution in [-0.4, -0.2) is 49.9 Å². The standard InChI is InChI=1S/C17H16BNO5/c1-19-10-16(21)23-18(24-17(22)11-19)9-15(20)14-7-6-12-4-2-3-5-13(12)8-14/h2-8H,9-11H2,1H3. The quantitative estimate of drug-likeness (QED) is 0.630.